The summed E-state index contributed by atoms with van der Waals surface area (Å²) >= 11 is 0. The number of nitrogens with zero attached hydrogens (tertiary/aromatic N) is 1. The number of hydrogen-bond acceptors (Lipinski definition) is 4. The van der Waals surface area contributed by atoms with Gasteiger partial charge in [0.05, 0.1) is 0 Å². The van der Waals surface area contributed by atoms with Crippen LogP contribution in [0.3, 0.4) is 0 Å². The summed E-state index contributed by atoms with van der Waals surface area (Å²) in [6, 6.07) is 0. The molecule has 0 spiro atoms. The number of sulfonamides is 1. The van der Waals surface area contributed by atoms with Gasteiger partial charge in [-0.2, -0.15) is 0 Å². The molecule has 0 aromatic heterocycles. The Kier molecular flexibility index (Phi) is 3.63. The fourth-order valence-electron chi connectivity index (χ4n) is 1.75. The van der Waals surface area contributed by atoms with Gasteiger partial charge in [-0.1, -0.05) is 0 Å². The van der Waals surface area contributed by atoms with Crippen LogP contribution in [0.25, 0.3) is 0 Å². The van der Waals surface area contributed by atoms with E-state index in [0.717, 1.165) is 19.4 Å². The lowest BCUT2D eigenvalue weighted by Gasteiger charge is -2.28. The second-order valence-corrected chi connectivity index (χ2v) is 5.49. The van der Waals surface area contributed by atoms with Crippen LogP contribution >= 0.6 is 0 Å². The summed E-state index contributed by atoms with van der Waals surface area (Å²) in [4.78, 5) is 13.5. The number of carbonyl (C=O) groups is 1. The third kappa shape index (κ3) is 3.73. The van der Waals surface area contributed by atoms with Crippen LogP contribution in [0.2, 0.25) is 0 Å². The summed E-state index contributed by atoms with van der Waals surface area (Å²) < 4.78 is 21.4. The van der Waals surface area contributed by atoms with E-state index in [-0.39, 0.29) is 11.7 Å². The molecule has 1 atom stereocenters. The van der Waals surface area contributed by atoms with Gasteiger partial charge in [0.2, 0.25) is 10.0 Å². The van der Waals surface area contributed by atoms with Gasteiger partial charge in [0.25, 0.3) is 0 Å². The molecule has 14 heavy (non-hydrogen) atoms. The smallest absolute Gasteiger partial charge is 0.216 e. The third-order valence-corrected chi connectivity index (χ3v) is 3.11. The van der Waals surface area contributed by atoms with Crippen molar-refractivity contribution in [2.75, 3.05) is 25.9 Å². The first-order valence-electron chi connectivity index (χ1n) is 4.60. The van der Waals surface area contributed by atoms with E-state index in [1.54, 1.807) is 0 Å². The van der Waals surface area contributed by atoms with E-state index >= 15 is 0 Å². The maximum absolute atomic E-state index is 11.5. The second kappa shape index (κ2) is 4.37. The fourth-order valence-corrected chi connectivity index (χ4v) is 2.38. The van der Waals surface area contributed by atoms with Crippen molar-refractivity contribution in [2.45, 2.75) is 12.8 Å². The van der Waals surface area contributed by atoms with Crippen LogP contribution in [0.1, 0.15) is 12.8 Å². The van der Waals surface area contributed by atoms with E-state index in [4.69, 9.17) is 5.14 Å². The SMILES string of the molecule is CN1CCCC(C(=O)CS(N)(=O)=O)C1. The summed E-state index contributed by atoms with van der Waals surface area (Å²) in [5.41, 5.74) is 0. The molecule has 1 saturated heterocycles. The number of Topliss-reactive ketones (excluding diaryl/α,β-unsaturated/α-hetero) is 1. The number of likely N-dealkylation sites (tertiary alicyclic amines) is 1. The lowest BCUT2D eigenvalue weighted by Crippen LogP contribution is -2.39. The van der Waals surface area contributed by atoms with Gasteiger partial charge in [-0.05, 0) is 26.4 Å². The molecule has 0 radical (unpaired) electrons. The third-order valence-electron chi connectivity index (χ3n) is 2.42. The minimum absolute atomic E-state index is 0.160. The highest BCUT2D eigenvalue weighted by Gasteiger charge is 2.26. The lowest BCUT2D eigenvalue weighted by molar-refractivity contribution is -0.121. The molecule has 0 aromatic rings. The van der Waals surface area contributed by atoms with Crippen LogP contribution < -0.4 is 5.14 Å². The Balaban J connectivity index is 2.52. The zero-order valence-electron chi connectivity index (χ0n) is 8.27. The zero-order valence-corrected chi connectivity index (χ0v) is 9.09. The van der Waals surface area contributed by atoms with Crippen molar-refractivity contribution in [1.29, 1.82) is 0 Å². The Morgan fingerprint density at radius 1 is 1.57 bits per heavy atom. The molecule has 82 valence electrons. The number of nitrogens with two attached hydrogens (primary N) is 1. The summed E-state index contributed by atoms with van der Waals surface area (Å²) in [6.45, 7) is 1.62. The Bertz CT molecular complexity index is 313. The van der Waals surface area contributed by atoms with Crippen molar-refractivity contribution in [3.05, 3.63) is 0 Å². The minimum Gasteiger partial charge on any atom is -0.306 e. The molecule has 6 heteroatoms. The molecular formula is C8H16N2O3S. The van der Waals surface area contributed by atoms with Crippen LogP contribution in [0.5, 0.6) is 0 Å². The van der Waals surface area contributed by atoms with Crippen molar-refractivity contribution >= 4 is 15.8 Å². The van der Waals surface area contributed by atoms with Gasteiger partial charge in [0.15, 0.2) is 5.78 Å². The van der Waals surface area contributed by atoms with Crippen LogP contribution in [0.15, 0.2) is 0 Å². The largest absolute Gasteiger partial charge is 0.306 e. The van der Waals surface area contributed by atoms with E-state index in [2.05, 4.69) is 0 Å². The molecule has 0 bridgehead atoms. The number of primary sulfonamides is 1. The van der Waals surface area contributed by atoms with E-state index in [1.165, 1.54) is 0 Å². The molecule has 1 unspecified atom stereocenters. The van der Waals surface area contributed by atoms with E-state index in [0.29, 0.717) is 6.54 Å². The van der Waals surface area contributed by atoms with Crippen LogP contribution in [0, 0.1) is 5.92 Å². The highest BCUT2D eigenvalue weighted by atomic mass is 32.2. The normalized spacial score (nSPS) is 24.9. The molecule has 1 aliphatic rings. The van der Waals surface area contributed by atoms with Gasteiger partial charge in [0, 0.05) is 12.5 Å². The van der Waals surface area contributed by atoms with Crippen LogP contribution in [-0.4, -0.2) is 45.0 Å². The second-order valence-electron chi connectivity index (χ2n) is 3.87. The predicted molar refractivity (Wildman–Crippen MR) is 53.2 cm³/mol. The van der Waals surface area contributed by atoms with Crippen molar-refractivity contribution in [3.63, 3.8) is 0 Å². The Morgan fingerprint density at radius 3 is 2.71 bits per heavy atom. The number of ketones is 1. The number of piperidine rings is 1. The molecular weight excluding hydrogens is 204 g/mol. The van der Waals surface area contributed by atoms with Gasteiger partial charge >= 0.3 is 0 Å². The van der Waals surface area contributed by atoms with Crippen LogP contribution in [0.4, 0.5) is 0 Å². The lowest BCUT2D eigenvalue weighted by atomic mass is 9.95. The molecule has 0 saturated carbocycles. The first kappa shape index (κ1) is 11.6. The van der Waals surface area contributed by atoms with Gasteiger partial charge in [-0.15, -0.1) is 0 Å². The number of hydrogen-bond donors (Lipinski definition) is 1. The Hall–Kier alpha value is -0.460. The summed E-state index contributed by atoms with van der Waals surface area (Å²) in [7, 11) is -1.73. The number of carbonyl (C=O) groups excluding carboxylic acids is 1. The van der Waals surface area contributed by atoms with Crippen molar-refractivity contribution in [3.8, 4) is 0 Å². The van der Waals surface area contributed by atoms with Gasteiger partial charge < -0.3 is 4.90 Å². The predicted octanol–water partition coefficient (Wildman–Crippen LogP) is -0.814. The highest BCUT2D eigenvalue weighted by Crippen LogP contribution is 2.16. The maximum Gasteiger partial charge on any atom is 0.216 e. The maximum atomic E-state index is 11.5. The van der Waals surface area contributed by atoms with E-state index in [1.807, 2.05) is 11.9 Å². The number of rotatable bonds is 3. The van der Waals surface area contributed by atoms with Crippen LogP contribution in [-0.2, 0) is 14.8 Å². The first-order valence-corrected chi connectivity index (χ1v) is 6.32. The monoisotopic (exact) mass is 220 g/mol. The highest BCUT2D eigenvalue weighted by molar-refractivity contribution is 7.89. The summed E-state index contributed by atoms with van der Waals surface area (Å²) in [5, 5.41) is 4.82. The van der Waals surface area contributed by atoms with E-state index < -0.39 is 15.8 Å². The molecule has 0 aliphatic carbocycles. The Labute approximate surface area is 84.3 Å². The Morgan fingerprint density at radius 2 is 2.21 bits per heavy atom. The van der Waals surface area contributed by atoms with Gasteiger partial charge in [0.1, 0.15) is 5.75 Å². The molecule has 2 N–H and O–H groups in total. The van der Waals surface area contributed by atoms with Gasteiger partial charge in [-0.3, -0.25) is 4.79 Å². The van der Waals surface area contributed by atoms with Crippen molar-refractivity contribution in [2.24, 2.45) is 11.1 Å². The first-order chi connectivity index (χ1) is 6.38. The van der Waals surface area contributed by atoms with E-state index in [9.17, 15) is 13.2 Å². The molecule has 1 fully saturated rings. The van der Waals surface area contributed by atoms with Crippen molar-refractivity contribution in [1.82, 2.24) is 4.90 Å². The molecule has 1 aliphatic heterocycles. The molecule has 0 amide bonds. The zero-order chi connectivity index (χ0) is 10.8. The summed E-state index contributed by atoms with van der Waals surface area (Å²) in [6.07, 6.45) is 1.72. The quantitative estimate of drug-likeness (QED) is 0.674. The average molecular weight is 220 g/mol. The minimum atomic E-state index is -3.66. The fraction of sp³-hybridized carbons (Fsp3) is 0.875. The molecule has 0 aromatic carbocycles. The topological polar surface area (TPSA) is 80.5 Å². The van der Waals surface area contributed by atoms with Crippen molar-refractivity contribution < 1.29 is 13.2 Å². The van der Waals surface area contributed by atoms with Gasteiger partial charge in [-0.25, -0.2) is 13.6 Å². The molecule has 5 nitrogen and oxygen atoms in total. The average Bonchev–Trinajstić information content (AvgIpc) is 2.01. The standard InChI is InChI=1S/C8H16N2O3S/c1-10-4-2-3-7(5-10)8(11)6-14(9,12)13/h7H,2-6H2,1H3,(H2,9,12,13). The summed E-state index contributed by atoms with van der Waals surface area (Å²) in [5.74, 6) is -0.933. The molecule has 1 rings (SSSR count). The molecule has 1 heterocycles.